The highest BCUT2D eigenvalue weighted by atomic mass is 32.2. The van der Waals surface area contributed by atoms with Crippen LogP contribution in [0.2, 0.25) is 0 Å². The second-order valence-electron chi connectivity index (χ2n) is 5.57. The van der Waals surface area contributed by atoms with Crippen molar-refractivity contribution in [1.29, 1.82) is 0 Å². The van der Waals surface area contributed by atoms with Crippen LogP contribution in [-0.2, 0) is 14.8 Å². The second kappa shape index (κ2) is 8.45. The number of amides is 1. The Morgan fingerprint density at radius 1 is 1.30 bits per heavy atom. The number of hydrogen-bond acceptors (Lipinski definition) is 3. The third-order valence-electron chi connectivity index (χ3n) is 3.57. The van der Waals surface area contributed by atoms with Crippen LogP contribution in [0.1, 0.15) is 65.2 Å². The van der Waals surface area contributed by atoms with E-state index in [-0.39, 0.29) is 23.5 Å². The first-order valence-electron chi connectivity index (χ1n) is 7.70. The Morgan fingerprint density at radius 3 is 2.55 bits per heavy atom. The van der Waals surface area contributed by atoms with Crippen molar-refractivity contribution in [3.63, 3.8) is 0 Å². The SMILES string of the molecule is CCCCC/C=C\[C@H](CC)CC(=O)NS(=O)(=O)C1CC1. The van der Waals surface area contributed by atoms with Crippen LogP contribution in [0.15, 0.2) is 12.2 Å². The number of unbranched alkanes of at least 4 members (excludes halogenated alkanes) is 3. The minimum Gasteiger partial charge on any atom is -0.274 e. The van der Waals surface area contributed by atoms with E-state index in [2.05, 4.69) is 23.8 Å². The van der Waals surface area contributed by atoms with E-state index in [9.17, 15) is 13.2 Å². The fourth-order valence-electron chi connectivity index (χ4n) is 2.05. The smallest absolute Gasteiger partial charge is 0.237 e. The molecule has 0 spiro atoms. The van der Waals surface area contributed by atoms with E-state index < -0.39 is 10.0 Å². The molecule has 1 aliphatic rings. The van der Waals surface area contributed by atoms with Crippen molar-refractivity contribution in [2.45, 2.75) is 70.5 Å². The van der Waals surface area contributed by atoms with Gasteiger partial charge in [0.1, 0.15) is 0 Å². The molecule has 1 aliphatic carbocycles. The van der Waals surface area contributed by atoms with Gasteiger partial charge < -0.3 is 0 Å². The summed E-state index contributed by atoms with van der Waals surface area (Å²) in [7, 11) is -3.40. The summed E-state index contributed by atoms with van der Waals surface area (Å²) in [4.78, 5) is 11.8. The summed E-state index contributed by atoms with van der Waals surface area (Å²) in [5, 5.41) is -0.337. The molecule has 116 valence electrons. The van der Waals surface area contributed by atoms with Crippen molar-refractivity contribution < 1.29 is 13.2 Å². The van der Waals surface area contributed by atoms with E-state index in [1.54, 1.807) is 0 Å². The fourth-order valence-corrected chi connectivity index (χ4v) is 3.37. The van der Waals surface area contributed by atoms with Crippen LogP contribution in [0.4, 0.5) is 0 Å². The number of hydrogen-bond donors (Lipinski definition) is 1. The molecule has 0 aromatic carbocycles. The van der Waals surface area contributed by atoms with Crippen molar-refractivity contribution in [2.24, 2.45) is 5.92 Å². The van der Waals surface area contributed by atoms with E-state index in [0.29, 0.717) is 12.8 Å². The molecule has 1 saturated carbocycles. The number of carbonyl (C=O) groups excluding carboxylic acids is 1. The zero-order valence-corrected chi connectivity index (χ0v) is 13.4. The van der Waals surface area contributed by atoms with Crippen LogP contribution >= 0.6 is 0 Å². The molecule has 0 aliphatic heterocycles. The van der Waals surface area contributed by atoms with Crippen LogP contribution < -0.4 is 4.72 Å². The van der Waals surface area contributed by atoms with Crippen LogP contribution in [-0.4, -0.2) is 19.6 Å². The van der Waals surface area contributed by atoms with Crippen molar-refractivity contribution in [3.8, 4) is 0 Å². The lowest BCUT2D eigenvalue weighted by atomic mass is 10.0. The maximum Gasteiger partial charge on any atom is 0.237 e. The number of carbonyl (C=O) groups is 1. The molecule has 1 atom stereocenters. The van der Waals surface area contributed by atoms with Gasteiger partial charge in [-0.15, -0.1) is 0 Å². The molecule has 0 heterocycles. The molecule has 0 saturated heterocycles. The lowest BCUT2D eigenvalue weighted by Crippen LogP contribution is -2.34. The molecule has 0 unspecified atom stereocenters. The average Bonchev–Trinajstić information content (AvgIpc) is 3.21. The molecule has 1 amide bonds. The summed E-state index contributed by atoms with van der Waals surface area (Å²) in [6.07, 6.45) is 11.3. The Kier molecular flexibility index (Phi) is 7.27. The van der Waals surface area contributed by atoms with Crippen molar-refractivity contribution in [1.82, 2.24) is 4.72 Å². The monoisotopic (exact) mass is 301 g/mol. The van der Waals surface area contributed by atoms with Gasteiger partial charge in [0, 0.05) is 6.42 Å². The molecular formula is C15H27NO3S. The summed E-state index contributed by atoms with van der Waals surface area (Å²) in [5.41, 5.74) is 0. The molecular weight excluding hydrogens is 274 g/mol. The zero-order valence-electron chi connectivity index (χ0n) is 12.6. The van der Waals surface area contributed by atoms with Gasteiger partial charge in [-0.1, -0.05) is 38.8 Å². The van der Waals surface area contributed by atoms with Crippen LogP contribution in [0, 0.1) is 5.92 Å². The molecule has 1 fully saturated rings. The highest BCUT2D eigenvalue weighted by Gasteiger charge is 2.36. The molecule has 5 heteroatoms. The maximum absolute atomic E-state index is 11.8. The highest BCUT2D eigenvalue weighted by molar-refractivity contribution is 7.90. The number of sulfonamides is 1. The summed E-state index contributed by atoms with van der Waals surface area (Å²) in [6.45, 7) is 4.19. The second-order valence-corrected chi connectivity index (χ2v) is 7.53. The van der Waals surface area contributed by atoms with Gasteiger partial charge in [0.25, 0.3) is 0 Å². The highest BCUT2D eigenvalue weighted by Crippen LogP contribution is 2.27. The third-order valence-corrected chi connectivity index (χ3v) is 5.44. The minimum absolute atomic E-state index is 0.131. The van der Waals surface area contributed by atoms with Gasteiger partial charge in [-0.3, -0.25) is 9.52 Å². The van der Waals surface area contributed by atoms with E-state index in [0.717, 1.165) is 12.8 Å². The van der Waals surface area contributed by atoms with E-state index in [4.69, 9.17) is 0 Å². The van der Waals surface area contributed by atoms with Gasteiger partial charge in [-0.2, -0.15) is 0 Å². The predicted octanol–water partition coefficient (Wildman–Crippen LogP) is 3.15. The largest absolute Gasteiger partial charge is 0.274 e. The zero-order chi connectivity index (χ0) is 15.0. The predicted molar refractivity (Wildman–Crippen MR) is 81.8 cm³/mol. The first kappa shape index (κ1) is 17.2. The quantitative estimate of drug-likeness (QED) is 0.498. The van der Waals surface area contributed by atoms with Crippen LogP contribution in [0.25, 0.3) is 0 Å². The number of allylic oxidation sites excluding steroid dienone is 2. The van der Waals surface area contributed by atoms with Gasteiger partial charge in [0.2, 0.25) is 15.9 Å². The van der Waals surface area contributed by atoms with E-state index >= 15 is 0 Å². The van der Waals surface area contributed by atoms with Gasteiger partial charge >= 0.3 is 0 Å². The van der Waals surface area contributed by atoms with Crippen molar-refractivity contribution in [3.05, 3.63) is 12.2 Å². The van der Waals surface area contributed by atoms with Crippen LogP contribution in [0.3, 0.4) is 0 Å². The minimum atomic E-state index is -3.40. The Balaban J connectivity index is 2.33. The summed E-state index contributed by atoms with van der Waals surface area (Å²) < 4.78 is 25.5. The fraction of sp³-hybridized carbons (Fsp3) is 0.800. The molecule has 0 bridgehead atoms. The van der Waals surface area contributed by atoms with Gasteiger partial charge in [0.05, 0.1) is 5.25 Å². The molecule has 1 rings (SSSR count). The van der Waals surface area contributed by atoms with E-state index in [1.807, 2.05) is 6.92 Å². The molecule has 20 heavy (non-hydrogen) atoms. The lowest BCUT2D eigenvalue weighted by molar-refractivity contribution is -0.119. The number of nitrogens with one attached hydrogen (secondary N) is 1. The number of rotatable bonds is 10. The van der Waals surface area contributed by atoms with Gasteiger partial charge in [0.15, 0.2) is 0 Å². The lowest BCUT2D eigenvalue weighted by Gasteiger charge is -2.10. The molecule has 0 aromatic rings. The Morgan fingerprint density at radius 2 is 2.00 bits per heavy atom. The normalized spacial score (nSPS) is 17.3. The summed E-state index contributed by atoms with van der Waals surface area (Å²) >= 11 is 0. The molecule has 4 nitrogen and oxygen atoms in total. The van der Waals surface area contributed by atoms with Crippen molar-refractivity contribution >= 4 is 15.9 Å². The molecule has 1 N–H and O–H groups in total. The summed E-state index contributed by atoms with van der Waals surface area (Å²) in [5.74, 6) is -0.243. The first-order valence-corrected chi connectivity index (χ1v) is 9.25. The van der Waals surface area contributed by atoms with Crippen LogP contribution in [0.5, 0.6) is 0 Å². The average molecular weight is 301 g/mol. The maximum atomic E-state index is 11.8. The van der Waals surface area contributed by atoms with Gasteiger partial charge in [-0.05, 0) is 38.0 Å². The van der Waals surface area contributed by atoms with Crippen molar-refractivity contribution in [2.75, 3.05) is 0 Å². The standard InChI is InChI=1S/C15H27NO3S/c1-3-5-6-7-8-9-13(4-2)12-15(17)16-20(18,19)14-10-11-14/h8-9,13-14H,3-7,10-12H2,1-2H3,(H,16,17)/b9-8-/t13-/m0/s1. The molecule has 0 radical (unpaired) electrons. The third kappa shape index (κ3) is 6.55. The summed E-state index contributed by atoms with van der Waals surface area (Å²) in [6, 6.07) is 0. The topological polar surface area (TPSA) is 63.2 Å². The first-order chi connectivity index (χ1) is 9.49. The Bertz CT molecular complexity index is 424. The van der Waals surface area contributed by atoms with E-state index in [1.165, 1.54) is 19.3 Å². The Hall–Kier alpha value is -0.840. The Labute approximate surface area is 123 Å². The molecule has 0 aromatic heterocycles. The van der Waals surface area contributed by atoms with Gasteiger partial charge in [-0.25, -0.2) is 8.42 Å².